The van der Waals surface area contributed by atoms with Crippen LogP contribution in [0.25, 0.3) is 11.2 Å². The Kier molecular flexibility index (Phi) is 16.2. The van der Waals surface area contributed by atoms with Gasteiger partial charge >= 0.3 is 23.5 Å². The maximum absolute atomic E-state index is 12.7. The SMILES string of the molecule is CC(C)(COP(=O)(O)OP(=O)(O)OC[C@H]1O[C@@H](n2cnc3c(N)ncnc32)[C@H](O)[C@@H]1OP(=O)(O)O)[C@@H](O)C(=O)NCCC(=O)NCCSC(=O)[C@@H](O)c1ccccc1. The van der Waals surface area contributed by atoms with Crippen molar-refractivity contribution < 1.29 is 85.6 Å². The molecule has 2 amide bonds. The van der Waals surface area contributed by atoms with E-state index in [0.29, 0.717) is 5.56 Å². The van der Waals surface area contributed by atoms with Crippen LogP contribution in [0.5, 0.6) is 0 Å². The molecule has 1 fully saturated rings. The van der Waals surface area contributed by atoms with Crippen LogP contribution in [0.15, 0.2) is 43.0 Å². The van der Waals surface area contributed by atoms with Gasteiger partial charge in [0.2, 0.25) is 16.9 Å². The van der Waals surface area contributed by atoms with Gasteiger partial charge in [0.1, 0.15) is 42.4 Å². The molecule has 58 heavy (non-hydrogen) atoms. The van der Waals surface area contributed by atoms with Gasteiger partial charge in [-0.25, -0.2) is 28.6 Å². The summed E-state index contributed by atoms with van der Waals surface area (Å²) in [5, 5.41) is 35.9. The predicted molar refractivity (Wildman–Crippen MR) is 198 cm³/mol. The van der Waals surface area contributed by atoms with Gasteiger partial charge in [0.25, 0.3) is 0 Å². The summed E-state index contributed by atoms with van der Waals surface area (Å²) in [6, 6.07) is 8.29. The van der Waals surface area contributed by atoms with Crippen LogP contribution < -0.4 is 16.4 Å². The first-order chi connectivity index (χ1) is 27.0. The van der Waals surface area contributed by atoms with Crippen LogP contribution in [-0.4, -0.2) is 128 Å². The second kappa shape index (κ2) is 19.9. The van der Waals surface area contributed by atoms with Gasteiger partial charge in [-0.3, -0.25) is 32.5 Å². The number of nitrogens with one attached hydrogen (secondary N) is 2. The maximum Gasteiger partial charge on any atom is 0.481 e. The lowest BCUT2D eigenvalue weighted by atomic mass is 9.87. The van der Waals surface area contributed by atoms with E-state index < -0.39 is 95.8 Å². The number of thioether (sulfide) groups is 1. The number of hydrogen-bond acceptors (Lipinski definition) is 19. The Morgan fingerprint density at radius 2 is 1.67 bits per heavy atom. The summed E-state index contributed by atoms with van der Waals surface area (Å²) in [5.74, 6) is -1.40. The largest absolute Gasteiger partial charge is 0.481 e. The number of rotatable bonds is 21. The van der Waals surface area contributed by atoms with Crippen LogP contribution in [0.2, 0.25) is 0 Å². The van der Waals surface area contributed by atoms with Crippen molar-refractivity contribution in [3.63, 3.8) is 0 Å². The van der Waals surface area contributed by atoms with Crippen molar-refractivity contribution in [2.45, 2.75) is 57.0 Å². The van der Waals surface area contributed by atoms with Crippen molar-refractivity contribution in [2.24, 2.45) is 5.41 Å². The molecule has 1 saturated heterocycles. The maximum atomic E-state index is 12.7. The predicted octanol–water partition coefficient (Wildman–Crippen LogP) is -0.602. The number of phosphoric acid groups is 3. The van der Waals surface area contributed by atoms with Crippen LogP contribution in [0, 0.1) is 5.41 Å². The number of amides is 2. The van der Waals surface area contributed by atoms with Gasteiger partial charge in [0.15, 0.2) is 17.7 Å². The van der Waals surface area contributed by atoms with Gasteiger partial charge in [-0.15, -0.1) is 0 Å². The number of aromatic nitrogens is 4. The Labute approximate surface area is 333 Å². The number of aliphatic hydroxyl groups excluding tert-OH is 3. The second-order valence-electron chi connectivity index (χ2n) is 13.1. The fraction of sp³-hybridized carbons (Fsp3) is 0.517. The van der Waals surface area contributed by atoms with E-state index in [-0.39, 0.29) is 42.2 Å². The Balaban J connectivity index is 1.22. The molecule has 1 aliphatic rings. The molecule has 0 bridgehead atoms. The molecule has 3 heterocycles. The molecule has 11 N–H and O–H groups in total. The molecular weight excluding hydrogens is 859 g/mol. The van der Waals surface area contributed by atoms with E-state index in [2.05, 4.69) is 34.4 Å². The third kappa shape index (κ3) is 13.4. The number of fused-ring (bicyclic) bond motifs is 1. The molecule has 0 aliphatic carbocycles. The number of hydrogen-bond donors (Lipinski definition) is 10. The number of anilines is 1. The van der Waals surface area contributed by atoms with Gasteiger partial charge in [-0.2, -0.15) is 4.31 Å². The normalized spacial score (nSPS) is 21.8. The van der Waals surface area contributed by atoms with Gasteiger partial charge in [-0.1, -0.05) is 55.9 Å². The lowest BCUT2D eigenvalue weighted by Crippen LogP contribution is -2.46. The number of imidazole rings is 1. The molecule has 322 valence electrons. The number of phosphoric ester groups is 3. The Morgan fingerprint density at radius 1 is 1.00 bits per heavy atom. The Hall–Kier alpha value is -3.26. The number of nitrogen functional groups attached to an aromatic ring is 1. The number of benzene rings is 1. The van der Waals surface area contributed by atoms with E-state index >= 15 is 0 Å². The monoisotopic (exact) mass is 901 g/mol. The molecule has 3 aromatic rings. The third-order valence-corrected chi connectivity index (χ3v) is 12.1. The lowest BCUT2D eigenvalue weighted by molar-refractivity contribution is -0.137. The first-order valence-corrected chi connectivity index (χ1v) is 22.3. The molecule has 1 aromatic carbocycles. The highest BCUT2D eigenvalue weighted by atomic mass is 32.2. The van der Waals surface area contributed by atoms with Crippen LogP contribution in [0.4, 0.5) is 5.82 Å². The highest BCUT2D eigenvalue weighted by molar-refractivity contribution is 8.13. The van der Waals surface area contributed by atoms with Crippen molar-refractivity contribution in [2.75, 3.05) is 37.8 Å². The van der Waals surface area contributed by atoms with Crippen molar-refractivity contribution in [1.29, 1.82) is 0 Å². The Morgan fingerprint density at radius 3 is 2.34 bits per heavy atom. The van der Waals surface area contributed by atoms with Crippen molar-refractivity contribution in [1.82, 2.24) is 30.2 Å². The average Bonchev–Trinajstić information content (AvgIpc) is 3.71. The minimum absolute atomic E-state index is 0.0235. The quantitative estimate of drug-likeness (QED) is 0.0471. The molecule has 4 rings (SSSR count). The zero-order valence-corrected chi connectivity index (χ0v) is 34.0. The molecule has 2 aromatic heterocycles. The van der Waals surface area contributed by atoms with E-state index in [0.717, 1.165) is 29.0 Å². The minimum Gasteiger partial charge on any atom is -0.386 e. The summed E-state index contributed by atoms with van der Waals surface area (Å²) in [6.45, 7) is 0.250. The number of ether oxygens (including phenoxy) is 1. The fourth-order valence-electron chi connectivity index (χ4n) is 5.13. The van der Waals surface area contributed by atoms with E-state index in [9.17, 15) is 63.0 Å². The smallest absolute Gasteiger partial charge is 0.386 e. The van der Waals surface area contributed by atoms with Crippen LogP contribution >= 0.6 is 35.2 Å². The van der Waals surface area contributed by atoms with E-state index in [4.69, 9.17) is 19.5 Å². The van der Waals surface area contributed by atoms with Crippen molar-refractivity contribution in [3.05, 3.63) is 48.5 Å². The van der Waals surface area contributed by atoms with Crippen molar-refractivity contribution >= 4 is 69.1 Å². The topological polar surface area (TPSA) is 384 Å². The highest BCUT2D eigenvalue weighted by Crippen LogP contribution is 2.61. The van der Waals surface area contributed by atoms with Gasteiger partial charge in [-0.05, 0) is 5.56 Å². The standard InChI is InChI=1S/C29H42N7O18P3S/c1-29(2,23(40)26(41)32-9-8-18(37)31-10-11-58-28(42)20(38)16-6-4-3-5-7-16)13-51-57(48,49)54-56(46,47)50-12-17-22(53-55(43,44)45)21(39)27(52-17)36-15-35-19-24(30)33-14-34-25(19)36/h3-7,14-15,17,20-23,27,38-40H,8-13H2,1-2H3,(H,31,37)(H,32,41)(H,46,47)(H,48,49)(H2,30,33,34)(H2,43,44,45)/t17-,20+,21-,22-,23+,27-/m1/s1. The number of carbonyl (C=O) groups is 3. The molecule has 1 aliphatic heterocycles. The van der Waals surface area contributed by atoms with E-state index in [1.54, 1.807) is 30.3 Å². The molecule has 0 radical (unpaired) electrons. The van der Waals surface area contributed by atoms with Crippen LogP contribution in [0.3, 0.4) is 0 Å². The summed E-state index contributed by atoms with van der Waals surface area (Å²) in [6.07, 6.45) is -8.37. The average molecular weight is 902 g/mol. The molecule has 2 unspecified atom stereocenters. The number of nitrogens with two attached hydrogens (primary N) is 1. The molecule has 0 saturated carbocycles. The fourth-order valence-corrected chi connectivity index (χ4v) is 8.66. The van der Waals surface area contributed by atoms with Gasteiger partial charge in [0.05, 0.1) is 19.5 Å². The molecule has 0 spiro atoms. The molecular formula is C29H42N7O18P3S. The summed E-state index contributed by atoms with van der Waals surface area (Å²) in [5.41, 5.74) is 4.65. The molecule has 8 atom stereocenters. The lowest BCUT2D eigenvalue weighted by Gasteiger charge is -2.30. The molecule has 29 heteroatoms. The Bertz CT molecular complexity index is 2060. The number of aliphatic hydroxyl groups is 3. The second-order valence-corrected chi connectivity index (χ2v) is 18.4. The summed E-state index contributed by atoms with van der Waals surface area (Å²) < 4.78 is 62.1. The first kappa shape index (κ1) is 47.4. The minimum atomic E-state index is -5.59. The van der Waals surface area contributed by atoms with E-state index in [1.807, 2.05) is 0 Å². The van der Waals surface area contributed by atoms with Crippen LogP contribution in [-0.2, 0) is 50.7 Å². The summed E-state index contributed by atoms with van der Waals surface area (Å²) in [7, 11) is -16.4. The number of nitrogens with zero attached hydrogens (tertiary/aromatic N) is 4. The summed E-state index contributed by atoms with van der Waals surface area (Å²) >= 11 is 0.823. The van der Waals surface area contributed by atoms with Gasteiger partial charge in [0, 0.05) is 30.7 Å². The van der Waals surface area contributed by atoms with Crippen LogP contribution in [0.1, 0.15) is 38.2 Å². The molecule has 25 nitrogen and oxygen atoms in total. The first-order valence-electron chi connectivity index (χ1n) is 16.8. The zero-order valence-electron chi connectivity index (χ0n) is 30.5. The highest BCUT2D eigenvalue weighted by Gasteiger charge is 2.50. The third-order valence-electron chi connectivity index (χ3n) is 8.08. The van der Waals surface area contributed by atoms with Crippen molar-refractivity contribution in [3.8, 4) is 0 Å². The zero-order chi connectivity index (χ0) is 43.1. The van der Waals surface area contributed by atoms with E-state index in [1.165, 1.54) is 13.8 Å². The number of carbonyl (C=O) groups excluding carboxylic acids is 3. The summed E-state index contributed by atoms with van der Waals surface area (Å²) in [4.78, 5) is 87.8. The van der Waals surface area contributed by atoms with Gasteiger partial charge < -0.3 is 56.0 Å².